The van der Waals surface area contributed by atoms with Crippen molar-refractivity contribution in [3.8, 4) is 17.2 Å². The first kappa shape index (κ1) is 26.7. The van der Waals surface area contributed by atoms with Crippen LogP contribution in [0.2, 0.25) is 0 Å². The van der Waals surface area contributed by atoms with Crippen molar-refractivity contribution < 1.29 is 28.6 Å². The second kappa shape index (κ2) is 12.7. The Labute approximate surface area is 214 Å². The number of hydrogen-bond acceptors (Lipinski definition) is 7. The highest BCUT2D eigenvalue weighted by Gasteiger charge is 2.13. The van der Waals surface area contributed by atoms with Crippen LogP contribution in [0, 0.1) is 13.8 Å². The maximum absolute atomic E-state index is 12.3. The summed E-state index contributed by atoms with van der Waals surface area (Å²) in [5.41, 5.74) is 5.89. The largest absolute Gasteiger partial charge is 0.497 e. The van der Waals surface area contributed by atoms with Crippen molar-refractivity contribution in [2.75, 3.05) is 31.5 Å². The molecule has 0 unspecified atom stereocenters. The van der Waals surface area contributed by atoms with E-state index >= 15 is 0 Å². The number of carbonyl (C=O) groups is 3. The number of nitrogens with one attached hydrogen (secondary N) is 3. The van der Waals surface area contributed by atoms with Gasteiger partial charge in [0.25, 0.3) is 5.91 Å². The maximum atomic E-state index is 12.3. The molecule has 10 nitrogen and oxygen atoms in total. The van der Waals surface area contributed by atoms with Gasteiger partial charge in [-0.1, -0.05) is 12.1 Å². The van der Waals surface area contributed by atoms with Crippen LogP contribution in [0.25, 0.3) is 0 Å². The molecule has 0 aromatic heterocycles. The molecule has 3 N–H and O–H groups in total. The van der Waals surface area contributed by atoms with Crippen molar-refractivity contribution in [1.29, 1.82) is 0 Å². The zero-order valence-corrected chi connectivity index (χ0v) is 21.0. The lowest BCUT2D eigenvalue weighted by atomic mass is 10.1. The quantitative estimate of drug-likeness (QED) is 0.233. The maximum Gasteiger partial charge on any atom is 0.329 e. The minimum absolute atomic E-state index is 0.212. The fourth-order valence-corrected chi connectivity index (χ4v) is 3.16. The van der Waals surface area contributed by atoms with Gasteiger partial charge in [0.15, 0.2) is 18.1 Å². The first-order valence-corrected chi connectivity index (χ1v) is 11.3. The monoisotopic (exact) mass is 504 g/mol. The molecular weight excluding hydrogens is 476 g/mol. The number of rotatable bonds is 9. The molecule has 3 amide bonds. The van der Waals surface area contributed by atoms with Crippen LogP contribution in [0.4, 0.5) is 11.4 Å². The summed E-state index contributed by atoms with van der Waals surface area (Å²) in [6, 6.07) is 17.2. The number of benzene rings is 3. The van der Waals surface area contributed by atoms with E-state index in [9.17, 15) is 14.4 Å². The van der Waals surface area contributed by atoms with Crippen molar-refractivity contribution >= 4 is 35.3 Å². The summed E-state index contributed by atoms with van der Waals surface area (Å²) < 4.78 is 16.0. The first-order chi connectivity index (χ1) is 17.8. The Morgan fingerprint density at radius 1 is 0.838 bits per heavy atom. The van der Waals surface area contributed by atoms with Crippen molar-refractivity contribution in [2.24, 2.45) is 5.10 Å². The van der Waals surface area contributed by atoms with Gasteiger partial charge in [0.2, 0.25) is 0 Å². The molecule has 0 spiro atoms. The third kappa shape index (κ3) is 7.82. The van der Waals surface area contributed by atoms with E-state index < -0.39 is 11.8 Å². The number of hydrazone groups is 1. The molecule has 3 aromatic carbocycles. The molecule has 0 saturated heterocycles. The standard InChI is InChI=1S/C27H28N4O6/c1-17-5-6-18(2)22(13-17)30-25(32)16-37-23-12-7-19(14-24(23)36-4)15-28-31-27(34)26(33)29-20-8-10-21(35-3)11-9-20/h5-15H,16H2,1-4H3,(H,29,33)(H,30,32)(H,31,34)/b28-15-. The van der Waals surface area contributed by atoms with E-state index in [1.807, 2.05) is 32.0 Å². The Bertz CT molecular complexity index is 1300. The minimum atomic E-state index is -0.936. The number of hydrogen-bond donors (Lipinski definition) is 3. The van der Waals surface area contributed by atoms with Gasteiger partial charge in [-0.15, -0.1) is 0 Å². The van der Waals surface area contributed by atoms with Crippen LogP contribution < -0.4 is 30.3 Å². The van der Waals surface area contributed by atoms with Crippen LogP contribution in [0.3, 0.4) is 0 Å². The lowest BCUT2D eigenvalue weighted by Crippen LogP contribution is -2.32. The van der Waals surface area contributed by atoms with Gasteiger partial charge in [-0.05, 0) is 79.1 Å². The Hall–Kier alpha value is -4.86. The molecule has 0 saturated carbocycles. The number of ether oxygens (including phenoxy) is 3. The predicted octanol–water partition coefficient (Wildman–Crippen LogP) is 3.43. The van der Waals surface area contributed by atoms with Crippen LogP contribution in [0.15, 0.2) is 65.8 Å². The molecule has 3 aromatic rings. The van der Waals surface area contributed by atoms with Gasteiger partial charge in [0.1, 0.15) is 5.75 Å². The highest BCUT2D eigenvalue weighted by atomic mass is 16.5. The third-order valence-corrected chi connectivity index (χ3v) is 5.15. The van der Waals surface area contributed by atoms with Gasteiger partial charge >= 0.3 is 11.8 Å². The summed E-state index contributed by atoms with van der Waals surface area (Å²) in [5, 5.41) is 9.10. The molecule has 0 bridgehead atoms. The zero-order chi connectivity index (χ0) is 26.8. The highest BCUT2D eigenvalue weighted by molar-refractivity contribution is 6.39. The summed E-state index contributed by atoms with van der Waals surface area (Å²) in [6.45, 7) is 3.65. The Morgan fingerprint density at radius 2 is 1.59 bits per heavy atom. The van der Waals surface area contributed by atoms with Crippen LogP contribution in [-0.4, -0.2) is 44.8 Å². The first-order valence-electron chi connectivity index (χ1n) is 11.3. The van der Waals surface area contributed by atoms with E-state index in [1.54, 1.807) is 42.5 Å². The average molecular weight is 505 g/mol. The van der Waals surface area contributed by atoms with Gasteiger partial charge in [0, 0.05) is 11.4 Å². The topological polar surface area (TPSA) is 127 Å². The summed E-state index contributed by atoms with van der Waals surface area (Å²) >= 11 is 0. The zero-order valence-electron chi connectivity index (χ0n) is 21.0. The summed E-state index contributed by atoms with van der Waals surface area (Å²) in [7, 11) is 2.99. The predicted molar refractivity (Wildman–Crippen MR) is 140 cm³/mol. The number of methoxy groups -OCH3 is 2. The Kier molecular flexibility index (Phi) is 9.20. The summed E-state index contributed by atoms with van der Waals surface area (Å²) in [5.74, 6) is -0.765. The lowest BCUT2D eigenvalue weighted by Gasteiger charge is -2.12. The average Bonchev–Trinajstić information content (AvgIpc) is 2.90. The molecule has 0 fully saturated rings. The molecule has 0 atom stereocenters. The SMILES string of the molecule is COc1ccc(NC(=O)C(=O)N/N=C\c2ccc(OCC(=O)Nc3cc(C)ccc3C)c(OC)c2)cc1. The Balaban J connectivity index is 1.53. The molecule has 192 valence electrons. The van der Waals surface area contributed by atoms with Crippen molar-refractivity contribution in [1.82, 2.24) is 5.43 Å². The highest BCUT2D eigenvalue weighted by Crippen LogP contribution is 2.27. The number of carbonyl (C=O) groups excluding carboxylic acids is 3. The molecule has 10 heteroatoms. The number of anilines is 2. The molecule has 37 heavy (non-hydrogen) atoms. The second-order valence-electron chi connectivity index (χ2n) is 7.95. The van der Waals surface area contributed by atoms with E-state index in [2.05, 4.69) is 21.2 Å². The molecule has 0 aliphatic heterocycles. The Morgan fingerprint density at radius 3 is 2.30 bits per heavy atom. The molecule has 0 aliphatic rings. The van der Waals surface area contributed by atoms with Crippen LogP contribution in [0.1, 0.15) is 16.7 Å². The number of aryl methyl sites for hydroxylation is 2. The molecule has 0 radical (unpaired) electrons. The normalized spacial score (nSPS) is 10.5. The van der Waals surface area contributed by atoms with Gasteiger partial charge in [-0.3, -0.25) is 14.4 Å². The van der Waals surface area contributed by atoms with E-state index in [0.717, 1.165) is 16.8 Å². The molecular formula is C27H28N4O6. The fraction of sp³-hybridized carbons (Fsp3) is 0.185. The molecule has 0 aliphatic carbocycles. The molecule has 0 heterocycles. The third-order valence-electron chi connectivity index (χ3n) is 5.15. The van der Waals surface area contributed by atoms with E-state index in [4.69, 9.17) is 14.2 Å². The lowest BCUT2D eigenvalue weighted by molar-refractivity contribution is -0.136. The smallest absolute Gasteiger partial charge is 0.329 e. The van der Waals surface area contributed by atoms with Crippen molar-refractivity contribution in [3.63, 3.8) is 0 Å². The van der Waals surface area contributed by atoms with Crippen LogP contribution in [0.5, 0.6) is 17.2 Å². The fourth-order valence-electron chi connectivity index (χ4n) is 3.16. The second-order valence-corrected chi connectivity index (χ2v) is 7.95. The van der Waals surface area contributed by atoms with Gasteiger partial charge in [0.05, 0.1) is 20.4 Å². The minimum Gasteiger partial charge on any atom is -0.497 e. The number of nitrogens with zero attached hydrogens (tertiary/aromatic N) is 1. The van der Waals surface area contributed by atoms with E-state index in [0.29, 0.717) is 28.5 Å². The van der Waals surface area contributed by atoms with Crippen molar-refractivity contribution in [3.05, 3.63) is 77.4 Å². The van der Waals surface area contributed by atoms with Crippen molar-refractivity contribution in [2.45, 2.75) is 13.8 Å². The van der Waals surface area contributed by atoms with Gasteiger partial charge < -0.3 is 24.8 Å². The van der Waals surface area contributed by atoms with Crippen LogP contribution >= 0.6 is 0 Å². The van der Waals surface area contributed by atoms with Gasteiger partial charge in [-0.25, -0.2) is 5.43 Å². The van der Waals surface area contributed by atoms with E-state index in [-0.39, 0.29) is 12.5 Å². The van der Waals surface area contributed by atoms with Gasteiger partial charge in [-0.2, -0.15) is 5.10 Å². The number of amides is 3. The van der Waals surface area contributed by atoms with Crippen LogP contribution in [-0.2, 0) is 14.4 Å². The van der Waals surface area contributed by atoms with E-state index in [1.165, 1.54) is 20.4 Å². The summed E-state index contributed by atoms with van der Waals surface area (Å²) in [4.78, 5) is 36.4. The summed E-state index contributed by atoms with van der Waals surface area (Å²) in [6.07, 6.45) is 1.35. The molecule has 3 rings (SSSR count).